The third-order valence-corrected chi connectivity index (χ3v) is 15.2. The van der Waals surface area contributed by atoms with E-state index in [1.165, 1.54) is 21.8 Å². The van der Waals surface area contributed by atoms with E-state index in [-0.39, 0.29) is 119 Å². The zero-order valence-corrected chi connectivity index (χ0v) is 42.7. The normalized spacial score (nSPS) is 26.6. The number of carbonyl (C=O) groups excluding carboxylic acids is 4. The first kappa shape index (κ1) is 55.4. The molecule has 3 fully saturated rings. The van der Waals surface area contributed by atoms with Gasteiger partial charge in [0.05, 0.1) is 26.4 Å². The number of nitrogen functional groups attached to an aromatic ring is 2. The molecule has 0 radical (unpaired) electrons. The maximum atomic E-state index is 13.7. The number of aliphatic hydroxyl groups is 1. The van der Waals surface area contributed by atoms with Crippen LogP contribution >= 0.6 is 38.8 Å². The van der Waals surface area contributed by atoms with Crippen molar-refractivity contribution in [3.8, 4) is 0 Å². The van der Waals surface area contributed by atoms with E-state index in [0.717, 1.165) is 17.1 Å². The standard InChI is InChI=1S/C38H55N13O19P2S2/c39-37-45-31-26(33(57)47-37)42-17-50(31)35-25(44-22(53)4-7-61-9-11-63-13-14-64-12-10-62-8-5-41-21(52)3-6-49-23(54)1-2-24(49)55)29-19(67-35)15-65-72(60,74)70-30-20(16-66-71(59,73)69-29)68-36(28(30)56)51-18-43-27-32(51)46-38(40)48-34(27)58/h1-2,17-20,25,28-30,35-36,56,59-60,71-74H,3-16H2,(H,41,52)(H,44,53)(H3,39,45,47,57)(H3,40,46,48,58)/t19-,20-,25-,28-,29-,30-,35-,36-/m1/s1. The Morgan fingerprint density at radius 3 is 1.77 bits per heavy atom. The number of ether oxygens (including phenoxy) is 6. The summed E-state index contributed by atoms with van der Waals surface area (Å²) in [5, 5.41) is 17.0. The number of rotatable bonds is 21. The molecule has 11 N–H and O–H groups in total. The summed E-state index contributed by atoms with van der Waals surface area (Å²) in [5.74, 6) is -2.29. The Labute approximate surface area is 428 Å². The average molecular weight is 1120 g/mol. The monoisotopic (exact) mass is 1120 g/mol. The average Bonchev–Trinajstić information content (AvgIpc) is 4.16. The van der Waals surface area contributed by atoms with E-state index in [1.807, 2.05) is 0 Å². The Kier molecular flexibility index (Phi) is 18.3. The van der Waals surface area contributed by atoms with Gasteiger partial charge >= 0.3 is 320 Å². The number of nitrogens with two attached hydrogens (primary N) is 2. The molecule has 4 aromatic rings. The minimum atomic E-state index is -4.64. The summed E-state index contributed by atoms with van der Waals surface area (Å²) in [6.07, 6.45) is -5.16. The zero-order chi connectivity index (χ0) is 52.7. The Morgan fingerprint density at radius 2 is 1.20 bits per heavy atom. The van der Waals surface area contributed by atoms with Gasteiger partial charge in [-0.15, -0.1) is 0 Å². The van der Waals surface area contributed by atoms with Crippen molar-refractivity contribution in [3.05, 3.63) is 45.5 Å². The van der Waals surface area contributed by atoms with Gasteiger partial charge in [0.2, 0.25) is 5.91 Å². The van der Waals surface area contributed by atoms with Gasteiger partial charge in [-0.1, -0.05) is 0 Å². The van der Waals surface area contributed by atoms with Gasteiger partial charge < -0.3 is 14.8 Å². The summed E-state index contributed by atoms with van der Waals surface area (Å²) in [6.45, 7) is 0.572. The van der Waals surface area contributed by atoms with Crippen molar-refractivity contribution in [1.82, 2.24) is 54.6 Å². The first-order valence-electron chi connectivity index (χ1n) is 22.8. The summed E-state index contributed by atoms with van der Waals surface area (Å²) in [4.78, 5) is 119. The molecular formula is C38H55N13O19P2S2. The van der Waals surface area contributed by atoms with Gasteiger partial charge in [0.25, 0.3) is 11.8 Å². The molecule has 0 saturated carbocycles. The van der Waals surface area contributed by atoms with Gasteiger partial charge in [-0.25, -0.2) is 0 Å². The molecule has 32 nitrogen and oxygen atoms in total. The van der Waals surface area contributed by atoms with Crippen molar-refractivity contribution >= 4 is 96.6 Å². The van der Waals surface area contributed by atoms with Crippen LogP contribution in [0.15, 0.2) is 34.4 Å². The van der Waals surface area contributed by atoms with Crippen LogP contribution in [0.25, 0.3) is 22.3 Å². The molecule has 4 aliphatic heterocycles. The van der Waals surface area contributed by atoms with E-state index in [1.54, 1.807) is 0 Å². The van der Waals surface area contributed by atoms with Crippen LogP contribution in [0.4, 0.5) is 11.9 Å². The number of nitrogens with zero attached hydrogens (tertiary/aromatic N) is 7. The molecular weight excluding hydrogens is 1070 g/mol. The number of imidazole rings is 2. The molecule has 408 valence electrons. The van der Waals surface area contributed by atoms with Gasteiger partial charge in [0, 0.05) is 31.7 Å². The molecule has 0 aliphatic carbocycles. The number of aromatic nitrogens is 8. The molecule has 8 heterocycles. The predicted octanol–water partition coefficient (Wildman–Crippen LogP) is -3.57. The number of imide groups is 1. The van der Waals surface area contributed by atoms with Crippen molar-refractivity contribution in [1.29, 1.82) is 0 Å². The Hall–Kier alpha value is -4.84. The molecule has 36 heteroatoms. The quantitative estimate of drug-likeness (QED) is 0.0166. The number of aliphatic hydroxyl groups excluding tert-OH is 1. The SMILES string of the molecule is Nc1nc2c(ncn2[C@@H]2O[C@@H]3CO[PH](O)(S)O[C@H]4[C@@H](NC(=O)CCOCCOCCOCCOCCNC(=O)CCN5C(=O)C=CC5=O)[C@H](n5cnc6c(=O)[nH]c(N)nc65)O[C@@H]4CO[PH](O)(S)O[C@H]3[C@H]2O)c(=O)[nH]1. The van der Waals surface area contributed by atoms with Crippen LogP contribution in [-0.4, -0.2) is 198 Å². The van der Waals surface area contributed by atoms with E-state index in [2.05, 4.69) is 65.0 Å². The second-order valence-corrected chi connectivity index (χ2v) is 23.2. The number of H-pyrrole nitrogens is 2. The van der Waals surface area contributed by atoms with E-state index in [4.69, 9.17) is 58.0 Å². The number of aromatic amines is 2. The second-order valence-electron chi connectivity index (χ2n) is 16.6. The number of hydrogen-bond donors (Lipinski definition) is 11. The maximum absolute atomic E-state index is 13.7. The summed E-state index contributed by atoms with van der Waals surface area (Å²) in [5.41, 5.74) is 9.99. The van der Waals surface area contributed by atoms with Gasteiger partial charge in [-0.2, -0.15) is 0 Å². The number of nitrogens with one attached hydrogen (secondary N) is 4. The van der Waals surface area contributed by atoms with Crippen LogP contribution in [-0.2, 0) is 65.7 Å². The molecule has 4 amide bonds. The molecule has 3 saturated heterocycles. The summed E-state index contributed by atoms with van der Waals surface area (Å²) in [6, 6.07) is -1.26. The third-order valence-electron chi connectivity index (χ3n) is 11.5. The number of thiol groups is 2. The Morgan fingerprint density at radius 1 is 0.716 bits per heavy atom. The van der Waals surface area contributed by atoms with Gasteiger partial charge in [0.15, 0.2) is 0 Å². The van der Waals surface area contributed by atoms with Crippen LogP contribution in [0.2, 0.25) is 0 Å². The molecule has 0 aromatic carbocycles. The van der Waals surface area contributed by atoms with E-state index >= 15 is 0 Å². The number of carbonyl (C=O) groups is 4. The van der Waals surface area contributed by atoms with Crippen molar-refractivity contribution in [3.63, 3.8) is 0 Å². The number of amides is 4. The van der Waals surface area contributed by atoms with Gasteiger partial charge in [-0.05, 0) is 0 Å². The Bertz CT molecular complexity index is 2800. The van der Waals surface area contributed by atoms with Crippen LogP contribution in [0.5, 0.6) is 0 Å². The first-order valence-corrected chi connectivity index (χ1v) is 28.9. The molecule has 8 atom stereocenters. The summed E-state index contributed by atoms with van der Waals surface area (Å²) < 4.78 is 60.8. The van der Waals surface area contributed by atoms with Crippen molar-refractivity contribution in [2.45, 2.75) is 61.9 Å². The molecule has 4 aliphatic rings. The minimum absolute atomic E-state index is 0.00436. The third kappa shape index (κ3) is 13.6. The van der Waals surface area contributed by atoms with Crippen LogP contribution in [0, 0.1) is 0 Å². The van der Waals surface area contributed by atoms with E-state index in [0.29, 0.717) is 0 Å². The molecule has 8 rings (SSSR count). The van der Waals surface area contributed by atoms with E-state index < -0.39 is 105 Å². The fourth-order valence-corrected chi connectivity index (χ4v) is 11.5. The Balaban J connectivity index is 0.825. The van der Waals surface area contributed by atoms with Crippen LogP contribution in [0.1, 0.15) is 25.3 Å². The predicted molar refractivity (Wildman–Crippen MR) is 263 cm³/mol. The van der Waals surface area contributed by atoms with Crippen LogP contribution in [0.3, 0.4) is 0 Å². The van der Waals surface area contributed by atoms with Crippen molar-refractivity contribution in [2.75, 3.05) is 90.6 Å². The first-order chi connectivity index (χ1) is 35.4. The zero-order valence-electron chi connectivity index (χ0n) is 38.9. The molecule has 74 heavy (non-hydrogen) atoms. The number of anilines is 2. The molecule has 0 unspecified atom stereocenters. The van der Waals surface area contributed by atoms with Gasteiger partial charge in [-0.3, -0.25) is 19.3 Å². The fraction of sp³-hybridized carbons (Fsp3) is 0.579. The van der Waals surface area contributed by atoms with Crippen LogP contribution < -0.4 is 33.2 Å². The second kappa shape index (κ2) is 24.4. The molecule has 0 spiro atoms. The fourth-order valence-electron chi connectivity index (χ4n) is 8.10. The molecule has 4 aromatic heterocycles. The van der Waals surface area contributed by atoms with Crippen molar-refractivity contribution < 1.29 is 80.6 Å². The van der Waals surface area contributed by atoms with Crippen molar-refractivity contribution in [2.24, 2.45) is 0 Å². The summed E-state index contributed by atoms with van der Waals surface area (Å²) in [7, 11) is -9.24. The number of hydrogen-bond acceptors (Lipinski definition) is 27. The molecule has 0 bridgehead atoms. The van der Waals surface area contributed by atoms with Gasteiger partial charge in [0.1, 0.15) is 0 Å². The van der Waals surface area contributed by atoms with E-state index in [9.17, 15) is 43.7 Å². The number of fused-ring (bicyclic) bond motifs is 4. The topological polar surface area (TPSA) is 428 Å². The summed E-state index contributed by atoms with van der Waals surface area (Å²) >= 11 is 8.67.